The van der Waals surface area contributed by atoms with Gasteiger partial charge in [0.1, 0.15) is 6.04 Å². The van der Waals surface area contributed by atoms with Crippen LogP contribution in [-0.2, 0) is 14.3 Å². The molecule has 1 aromatic carbocycles. The summed E-state index contributed by atoms with van der Waals surface area (Å²) in [6, 6.07) is 11.2. The lowest BCUT2D eigenvalue weighted by Gasteiger charge is -2.41. The fourth-order valence-electron chi connectivity index (χ4n) is 5.31. The van der Waals surface area contributed by atoms with Gasteiger partial charge in [0.2, 0.25) is 5.91 Å². The van der Waals surface area contributed by atoms with Gasteiger partial charge < -0.3 is 20.3 Å². The topological polar surface area (TPSA) is 87.7 Å². The minimum atomic E-state index is -0.575. The zero-order chi connectivity index (χ0) is 25.2. The van der Waals surface area contributed by atoms with Crippen LogP contribution in [0.1, 0.15) is 56.1 Å². The van der Waals surface area contributed by atoms with Gasteiger partial charge in [-0.1, -0.05) is 30.3 Å². The van der Waals surface area contributed by atoms with Crippen LogP contribution in [0.3, 0.4) is 0 Å². The van der Waals surface area contributed by atoms with Gasteiger partial charge in [-0.25, -0.2) is 0 Å². The fraction of sp³-hybridized carbons (Fsp3) is 0.519. The number of ether oxygens (including phenoxy) is 1. The first kappa shape index (κ1) is 25.4. The first-order chi connectivity index (χ1) is 16.7. The first-order valence-corrected chi connectivity index (χ1v) is 13.1. The molecule has 2 amide bonds. The summed E-state index contributed by atoms with van der Waals surface area (Å²) in [7, 11) is 1.40. The number of likely N-dealkylation sites (tertiary alicyclic amines) is 1. The van der Waals surface area contributed by atoms with Gasteiger partial charge in [0, 0.05) is 24.2 Å². The Morgan fingerprint density at radius 2 is 1.83 bits per heavy atom. The Bertz CT molecular complexity index is 1060. The standard InChI is InChI=1S/C27H35N3O4S/c1-27(2,3)29-19-10-11-22(20(15-19)26(33)34-4)30-13-12-21(25(30)32)28-24(31)23-14-18(16-35-23)17-8-6-5-7-9-17/h5-9,14,16,19-22,29H,10-13,15H2,1-4H3,(H,28,31)/t19?,20?,21-,22?/m0/s1. The number of esters is 1. The van der Waals surface area contributed by atoms with Crippen molar-refractivity contribution in [3.05, 3.63) is 46.7 Å². The van der Waals surface area contributed by atoms with Crippen LogP contribution in [0.5, 0.6) is 0 Å². The number of nitrogens with one attached hydrogen (secondary N) is 2. The van der Waals surface area contributed by atoms with Crippen molar-refractivity contribution in [1.29, 1.82) is 0 Å². The van der Waals surface area contributed by atoms with Gasteiger partial charge in [0.25, 0.3) is 5.91 Å². The maximum Gasteiger partial charge on any atom is 0.310 e. The van der Waals surface area contributed by atoms with E-state index < -0.39 is 6.04 Å². The molecule has 188 valence electrons. The molecule has 2 heterocycles. The Kier molecular flexibility index (Phi) is 7.62. The highest BCUT2D eigenvalue weighted by Crippen LogP contribution is 2.33. The molecule has 1 aliphatic carbocycles. The van der Waals surface area contributed by atoms with Crippen LogP contribution in [0.2, 0.25) is 0 Å². The number of methoxy groups -OCH3 is 1. The Balaban J connectivity index is 1.41. The third-order valence-corrected chi connectivity index (χ3v) is 7.76. The van der Waals surface area contributed by atoms with Crippen LogP contribution < -0.4 is 10.6 Å². The maximum atomic E-state index is 13.3. The Morgan fingerprint density at radius 3 is 2.51 bits per heavy atom. The van der Waals surface area contributed by atoms with E-state index in [1.54, 1.807) is 4.90 Å². The first-order valence-electron chi connectivity index (χ1n) is 12.3. The largest absolute Gasteiger partial charge is 0.469 e. The Labute approximate surface area is 211 Å². The number of thiophene rings is 1. The van der Waals surface area contributed by atoms with E-state index in [1.165, 1.54) is 18.4 Å². The van der Waals surface area contributed by atoms with Crippen LogP contribution in [0.4, 0.5) is 0 Å². The summed E-state index contributed by atoms with van der Waals surface area (Å²) >= 11 is 1.37. The number of amides is 2. The van der Waals surface area contributed by atoms with Crippen molar-refractivity contribution in [2.45, 2.75) is 70.1 Å². The van der Waals surface area contributed by atoms with Gasteiger partial charge in [-0.05, 0) is 69.0 Å². The quantitative estimate of drug-likeness (QED) is 0.592. The minimum Gasteiger partial charge on any atom is -0.469 e. The van der Waals surface area contributed by atoms with Crippen LogP contribution in [0.15, 0.2) is 41.8 Å². The van der Waals surface area contributed by atoms with Gasteiger partial charge in [-0.15, -0.1) is 11.3 Å². The average molecular weight is 498 g/mol. The minimum absolute atomic E-state index is 0.0564. The highest BCUT2D eigenvalue weighted by molar-refractivity contribution is 7.12. The number of rotatable bonds is 6. The molecule has 1 saturated carbocycles. The van der Waals surface area contributed by atoms with Crippen molar-refractivity contribution < 1.29 is 19.1 Å². The molecule has 4 rings (SSSR count). The number of hydrogen-bond donors (Lipinski definition) is 2. The van der Waals surface area contributed by atoms with Gasteiger partial charge in [-0.3, -0.25) is 14.4 Å². The average Bonchev–Trinajstić information content (AvgIpc) is 3.46. The van der Waals surface area contributed by atoms with Crippen LogP contribution >= 0.6 is 11.3 Å². The molecule has 1 saturated heterocycles. The highest BCUT2D eigenvalue weighted by atomic mass is 32.1. The molecule has 1 aromatic heterocycles. The lowest BCUT2D eigenvalue weighted by atomic mass is 9.80. The van der Waals surface area contributed by atoms with E-state index >= 15 is 0 Å². The third kappa shape index (κ3) is 5.93. The van der Waals surface area contributed by atoms with E-state index in [0.29, 0.717) is 24.3 Å². The second-order valence-electron chi connectivity index (χ2n) is 10.5. The summed E-state index contributed by atoms with van der Waals surface area (Å²) in [5.74, 6) is -1.00. The summed E-state index contributed by atoms with van der Waals surface area (Å²) in [5, 5.41) is 8.47. The molecule has 0 spiro atoms. The fourth-order valence-corrected chi connectivity index (χ4v) is 6.13. The molecule has 1 aliphatic heterocycles. The number of nitrogens with zero attached hydrogens (tertiary/aromatic N) is 1. The summed E-state index contributed by atoms with van der Waals surface area (Å²) in [5.41, 5.74) is 1.98. The van der Waals surface area contributed by atoms with E-state index in [0.717, 1.165) is 24.0 Å². The number of carbonyl (C=O) groups excluding carboxylic acids is 3. The molecule has 3 unspecified atom stereocenters. The van der Waals surface area contributed by atoms with Crippen molar-refractivity contribution >= 4 is 29.1 Å². The maximum absolute atomic E-state index is 13.3. The second kappa shape index (κ2) is 10.5. The molecule has 0 bridgehead atoms. The van der Waals surface area contributed by atoms with Crippen LogP contribution in [-0.4, -0.2) is 60.0 Å². The molecular formula is C27H35N3O4S. The summed E-state index contributed by atoms with van der Waals surface area (Å²) in [6.07, 6.45) is 2.78. The zero-order valence-electron chi connectivity index (χ0n) is 20.9. The third-order valence-electron chi connectivity index (χ3n) is 6.83. The smallest absolute Gasteiger partial charge is 0.310 e. The van der Waals surface area contributed by atoms with Gasteiger partial charge in [0.05, 0.1) is 17.9 Å². The predicted octanol–water partition coefficient (Wildman–Crippen LogP) is 3.84. The molecule has 4 atom stereocenters. The van der Waals surface area contributed by atoms with Crippen LogP contribution in [0.25, 0.3) is 11.1 Å². The number of benzene rings is 1. The molecule has 2 aliphatic rings. The zero-order valence-corrected chi connectivity index (χ0v) is 21.7. The lowest BCUT2D eigenvalue weighted by Crippen LogP contribution is -2.55. The van der Waals surface area contributed by atoms with Crippen molar-refractivity contribution in [2.75, 3.05) is 13.7 Å². The second-order valence-corrected chi connectivity index (χ2v) is 11.4. The Hall–Kier alpha value is -2.71. The highest BCUT2D eigenvalue weighted by Gasteiger charge is 2.45. The summed E-state index contributed by atoms with van der Waals surface area (Å²) < 4.78 is 5.11. The number of hydrogen-bond acceptors (Lipinski definition) is 6. The van der Waals surface area contributed by atoms with Crippen LogP contribution in [0, 0.1) is 5.92 Å². The van der Waals surface area contributed by atoms with E-state index in [9.17, 15) is 14.4 Å². The SMILES string of the molecule is COC(=O)C1CC(NC(C)(C)C)CCC1N1CC[C@H](NC(=O)c2cc(-c3ccccc3)cs2)C1=O. The molecule has 35 heavy (non-hydrogen) atoms. The van der Waals surface area contributed by atoms with Crippen molar-refractivity contribution in [2.24, 2.45) is 5.92 Å². The molecule has 2 aromatic rings. The van der Waals surface area contributed by atoms with E-state index in [4.69, 9.17) is 4.74 Å². The van der Waals surface area contributed by atoms with Crippen molar-refractivity contribution in [3.8, 4) is 11.1 Å². The lowest BCUT2D eigenvalue weighted by molar-refractivity contribution is -0.151. The van der Waals surface area contributed by atoms with Gasteiger partial charge in [0.15, 0.2) is 0 Å². The molecule has 7 nitrogen and oxygen atoms in total. The Morgan fingerprint density at radius 1 is 1.09 bits per heavy atom. The van der Waals surface area contributed by atoms with Gasteiger partial charge >= 0.3 is 5.97 Å². The normalized spacial score (nSPS) is 24.9. The summed E-state index contributed by atoms with van der Waals surface area (Å²) in [6.45, 7) is 6.86. The monoisotopic (exact) mass is 497 g/mol. The van der Waals surface area contributed by atoms with E-state index in [1.807, 2.05) is 41.8 Å². The van der Waals surface area contributed by atoms with E-state index in [-0.39, 0.29) is 41.3 Å². The number of carbonyl (C=O) groups is 3. The summed E-state index contributed by atoms with van der Waals surface area (Å²) in [4.78, 5) is 41.3. The van der Waals surface area contributed by atoms with E-state index in [2.05, 4.69) is 31.4 Å². The molecular weight excluding hydrogens is 462 g/mol. The molecule has 2 N–H and O–H groups in total. The molecule has 2 fully saturated rings. The van der Waals surface area contributed by atoms with Gasteiger partial charge in [-0.2, -0.15) is 0 Å². The molecule has 0 radical (unpaired) electrons. The van der Waals surface area contributed by atoms with Crippen molar-refractivity contribution in [3.63, 3.8) is 0 Å². The molecule has 8 heteroatoms. The predicted molar refractivity (Wildman–Crippen MR) is 137 cm³/mol. The van der Waals surface area contributed by atoms with Crippen molar-refractivity contribution in [1.82, 2.24) is 15.5 Å².